The van der Waals surface area contributed by atoms with Crippen molar-refractivity contribution in [3.05, 3.63) is 18.3 Å². The molecule has 4 heteroatoms. The Morgan fingerprint density at radius 3 is 2.82 bits per heavy atom. The zero-order chi connectivity index (χ0) is 12.3. The summed E-state index contributed by atoms with van der Waals surface area (Å²) in [6, 6.07) is 1.43. The molecule has 0 saturated carbocycles. The third-order valence-electron chi connectivity index (χ3n) is 3.66. The van der Waals surface area contributed by atoms with Crippen molar-refractivity contribution >= 4 is 5.82 Å². The quantitative estimate of drug-likeness (QED) is 0.741. The average Bonchev–Trinajstić information content (AvgIpc) is 2.54. The van der Waals surface area contributed by atoms with E-state index in [1.807, 2.05) is 0 Å². The van der Waals surface area contributed by atoms with E-state index in [1.165, 1.54) is 25.2 Å². The topological polar surface area (TPSA) is 29.0 Å². The standard InChI is InChI=1S/C13H20FN3/c1-10(2)11-4-3-6-17(7-5-11)13-8-12(14)15-9-16-13/h8-11H,3-7H2,1-2H3. The first kappa shape index (κ1) is 12.3. The number of rotatable bonds is 2. The summed E-state index contributed by atoms with van der Waals surface area (Å²) in [4.78, 5) is 9.82. The van der Waals surface area contributed by atoms with E-state index in [4.69, 9.17) is 0 Å². The molecule has 1 aromatic rings. The summed E-state index contributed by atoms with van der Waals surface area (Å²) in [6.07, 6.45) is 4.90. The zero-order valence-corrected chi connectivity index (χ0v) is 10.6. The molecular weight excluding hydrogens is 217 g/mol. The van der Waals surface area contributed by atoms with E-state index < -0.39 is 5.95 Å². The summed E-state index contributed by atoms with van der Waals surface area (Å²) in [5.41, 5.74) is 0. The van der Waals surface area contributed by atoms with Crippen molar-refractivity contribution in [3.8, 4) is 0 Å². The highest BCUT2D eigenvalue weighted by Crippen LogP contribution is 2.26. The van der Waals surface area contributed by atoms with E-state index in [-0.39, 0.29) is 0 Å². The van der Waals surface area contributed by atoms with Crippen molar-refractivity contribution in [2.45, 2.75) is 33.1 Å². The summed E-state index contributed by atoms with van der Waals surface area (Å²) in [5, 5.41) is 0. The Morgan fingerprint density at radius 2 is 2.12 bits per heavy atom. The fourth-order valence-electron chi connectivity index (χ4n) is 2.52. The van der Waals surface area contributed by atoms with Gasteiger partial charge in [0.05, 0.1) is 0 Å². The van der Waals surface area contributed by atoms with Crippen LogP contribution in [0.1, 0.15) is 33.1 Å². The van der Waals surface area contributed by atoms with Crippen LogP contribution in [-0.2, 0) is 0 Å². The fourth-order valence-corrected chi connectivity index (χ4v) is 2.52. The van der Waals surface area contributed by atoms with E-state index in [9.17, 15) is 4.39 Å². The van der Waals surface area contributed by atoms with Gasteiger partial charge in [0.1, 0.15) is 12.1 Å². The summed E-state index contributed by atoms with van der Waals surface area (Å²) < 4.78 is 13.1. The molecular formula is C13H20FN3. The molecule has 1 aliphatic rings. The van der Waals surface area contributed by atoms with Crippen molar-refractivity contribution in [1.82, 2.24) is 9.97 Å². The maximum atomic E-state index is 13.1. The lowest BCUT2D eigenvalue weighted by atomic mass is 9.89. The molecule has 0 aliphatic carbocycles. The number of anilines is 1. The normalized spacial score (nSPS) is 21.6. The van der Waals surface area contributed by atoms with Gasteiger partial charge in [-0.1, -0.05) is 13.8 Å². The predicted molar refractivity (Wildman–Crippen MR) is 66.4 cm³/mol. The fraction of sp³-hybridized carbons (Fsp3) is 0.692. The summed E-state index contributed by atoms with van der Waals surface area (Å²) in [5.74, 6) is 1.80. The van der Waals surface area contributed by atoms with Crippen molar-refractivity contribution in [2.75, 3.05) is 18.0 Å². The molecule has 1 unspecified atom stereocenters. The van der Waals surface area contributed by atoms with Gasteiger partial charge in [0, 0.05) is 19.2 Å². The van der Waals surface area contributed by atoms with Crippen LogP contribution in [0, 0.1) is 17.8 Å². The van der Waals surface area contributed by atoms with E-state index in [0.717, 1.165) is 37.2 Å². The number of hydrogen-bond acceptors (Lipinski definition) is 3. The van der Waals surface area contributed by atoms with Gasteiger partial charge in [-0.3, -0.25) is 0 Å². The highest BCUT2D eigenvalue weighted by Gasteiger charge is 2.20. The molecule has 94 valence electrons. The van der Waals surface area contributed by atoms with Gasteiger partial charge in [0.2, 0.25) is 5.95 Å². The Bertz CT molecular complexity index is 367. The molecule has 1 aromatic heterocycles. The molecule has 3 nitrogen and oxygen atoms in total. The molecule has 0 aromatic carbocycles. The molecule has 0 bridgehead atoms. The number of aromatic nitrogens is 2. The minimum Gasteiger partial charge on any atom is -0.356 e. The molecule has 1 atom stereocenters. The highest BCUT2D eigenvalue weighted by atomic mass is 19.1. The van der Waals surface area contributed by atoms with E-state index in [2.05, 4.69) is 28.7 Å². The molecule has 0 radical (unpaired) electrons. The van der Waals surface area contributed by atoms with Crippen LogP contribution in [0.2, 0.25) is 0 Å². The van der Waals surface area contributed by atoms with Gasteiger partial charge in [-0.2, -0.15) is 4.39 Å². The third-order valence-corrected chi connectivity index (χ3v) is 3.66. The van der Waals surface area contributed by atoms with Gasteiger partial charge in [0.25, 0.3) is 0 Å². The Balaban J connectivity index is 2.04. The molecule has 2 rings (SSSR count). The van der Waals surface area contributed by atoms with E-state index in [0.29, 0.717) is 0 Å². The first-order valence-corrected chi connectivity index (χ1v) is 6.39. The lowest BCUT2D eigenvalue weighted by Crippen LogP contribution is -2.25. The summed E-state index contributed by atoms with van der Waals surface area (Å²) in [6.45, 7) is 6.51. The van der Waals surface area contributed by atoms with Crippen LogP contribution < -0.4 is 4.90 Å². The van der Waals surface area contributed by atoms with Crippen LogP contribution in [0.15, 0.2) is 12.4 Å². The zero-order valence-electron chi connectivity index (χ0n) is 10.6. The van der Waals surface area contributed by atoms with Crippen LogP contribution in [0.25, 0.3) is 0 Å². The number of nitrogens with zero attached hydrogens (tertiary/aromatic N) is 3. The van der Waals surface area contributed by atoms with Gasteiger partial charge in [-0.15, -0.1) is 0 Å². The van der Waals surface area contributed by atoms with Crippen molar-refractivity contribution < 1.29 is 4.39 Å². The summed E-state index contributed by atoms with van der Waals surface area (Å²) in [7, 11) is 0. The largest absolute Gasteiger partial charge is 0.356 e. The third kappa shape index (κ3) is 3.14. The first-order valence-electron chi connectivity index (χ1n) is 6.39. The van der Waals surface area contributed by atoms with Crippen molar-refractivity contribution in [3.63, 3.8) is 0 Å². The van der Waals surface area contributed by atoms with Gasteiger partial charge in [-0.05, 0) is 31.1 Å². The first-order chi connectivity index (χ1) is 8.16. The molecule has 1 aliphatic heterocycles. The summed E-state index contributed by atoms with van der Waals surface area (Å²) >= 11 is 0. The molecule has 0 N–H and O–H groups in total. The highest BCUT2D eigenvalue weighted by molar-refractivity contribution is 5.36. The van der Waals surface area contributed by atoms with Crippen LogP contribution >= 0.6 is 0 Å². The number of halogens is 1. The SMILES string of the molecule is CC(C)C1CCCN(c2cc(F)ncn2)CC1. The second-order valence-electron chi connectivity index (χ2n) is 5.12. The minimum absolute atomic E-state index is 0.445. The lowest BCUT2D eigenvalue weighted by Gasteiger charge is -2.22. The van der Waals surface area contributed by atoms with Crippen LogP contribution in [-0.4, -0.2) is 23.1 Å². The Kier molecular flexibility index (Phi) is 3.92. The van der Waals surface area contributed by atoms with Gasteiger partial charge < -0.3 is 4.90 Å². The lowest BCUT2D eigenvalue weighted by molar-refractivity contribution is 0.351. The molecule has 0 amide bonds. The van der Waals surface area contributed by atoms with E-state index in [1.54, 1.807) is 0 Å². The predicted octanol–water partition coefficient (Wildman–Crippen LogP) is 2.88. The van der Waals surface area contributed by atoms with Crippen LogP contribution in [0.3, 0.4) is 0 Å². The Hall–Kier alpha value is -1.19. The monoisotopic (exact) mass is 237 g/mol. The van der Waals surface area contributed by atoms with Crippen molar-refractivity contribution in [2.24, 2.45) is 11.8 Å². The second kappa shape index (κ2) is 5.43. The molecule has 17 heavy (non-hydrogen) atoms. The maximum Gasteiger partial charge on any atom is 0.218 e. The van der Waals surface area contributed by atoms with Crippen molar-refractivity contribution in [1.29, 1.82) is 0 Å². The minimum atomic E-state index is -0.445. The second-order valence-corrected chi connectivity index (χ2v) is 5.12. The average molecular weight is 237 g/mol. The van der Waals surface area contributed by atoms with Crippen LogP contribution in [0.5, 0.6) is 0 Å². The molecule has 1 saturated heterocycles. The van der Waals surface area contributed by atoms with Gasteiger partial charge in [0.15, 0.2) is 0 Å². The van der Waals surface area contributed by atoms with Crippen LogP contribution in [0.4, 0.5) is 10.2 Å². The van der Waals surface area contributed by atoms with E-state index >= 15 is 0 Å². The number of hydrogen-bond donors (Lipinski definition) is 0. The molecule has 0 spiro atoms. The Morgan fingerprint density at radius 1 is 1.29 bits per heavy atom. The van der Waals surface area contributed by atoms with Gasteiger partial charge in [-0.25, -0.2) is 9.97 Å². The smallest absolute Gasteiger partial charge is 0.218 e. The molecule has 2 heterocycles. The molecule has 1 fully saturated rings. The van der Waals surface area contributed by atoms with Gasteiger partial charge >= 0.3 is 0 Å². The Labute approximate surface area is 102 Å². The maximum absolute atomic E-state index is 13.1.